The molecule has 0 aliphatic rings. The molecule has 0 saturated heterocycles. The Morgan fingerprint density at radius 3 is 2.40 bits per heavy atom. The number of benzene rings is 4. The topological polar surface area (TPSA) is 85.1 Å². The molecule has 3 heterocycles. The third-order valence-corrected chi connectivity index (χ3v) is 9.64. The third-order valence-electron chi connectivity index (χ3n) is 7.70. The molecule has 7 rings (SSSR count). The summed E-state index contributed by atoms with van der Waals surface area (Å²) in [5, 5.41) is 7.92. The smallest absolute Gasteiger partial charge is 0.267 e. The molecule has 0 aliphatic carbocycles. The number of anilines is 2. The molecule has 7 heteroatoms. The number of fused-ring (bicyclic) bond motifs is 2. The van der Waals surface area contributed by atoms with Crippen LogP contribution in [-0.4, -0.2) is 16.7 Å². The van der Waals surface area contributed by atoms with E-state index in [2.05, 4.69) is 66.8 Å². The molecule has 0 aliphatic heterocycles. The Hall–Kier alpha value is -5.37. The normalized spacial score (nSPS) is 11.4. The van der Waals surface area contributed by atoms with E-state index in [4.69, 9.17) is 10.7 Å². The summed E-state index contributed by atoms with van der Waals surface area (Å²) >= 11 is 2.85. The lowest BCUT2D eigenvalue weighted by molar-refractivity contribution is 0.102. The van der Waals surface area contributed by atoms with E-state index in [9.17, 15) is 9.59 Å². The Kier molecular flexibility index (Phi) is 7.55. The predicted octanol–water partition coefficient (Wildman–Crippen LogP) is 9.88. The van der Waals surface area contributed by atoms with E-state index in [-0.39, 0.29) is 11.7 Å². The summed E-state index contributed by atoms with van der Waals surface area (Å²) in [6.07, 6.45) is 3.36. The number of aryl methyl sites for hydroxylation is 1. The fourth-order valence-electron chi connectivity index (χ4n) is 5.38. The van der Waals surface area contributed by atoms with Gasteiger partial charge < -0.3 is 11.1 Å². The highest BCUT2D eigenvalue weighted by atomic mass is 32.1. The number of nitrogen functional groups attached to an aromatic ring is 1. The maximum Gasteiger partial charge on any atom is 0.267 e. The van der Waals surface area contributed by atoms with Gasteiger partial charge in [0, 0.05) is 27.1 Å². The van der Waals surface area contributed by atoms with Crippen molar-refractivity contribution < 1.29 is 9.59 Å². The van der Waals surface area contributed by atoms with E-state index in [0.29, 0.717) is 26.6 Å². The number of thiophene rings is 2. The lowest BCUT2D eigenvalue weighted by Gasteiger charge is -2.11. The number of carbonyl (C=O) groups is 2. The molecular weight excluding hydrogens is 595 g/mol. The Morgan fingerprint density at radius 1 is 0.844 bits per heavy atom. The Morgan fingerprint density at radius 2 is 1.62 bits per heavy atom. The highest BCUT2D eigenvalue weighted by Gasteiger charge is 2.22. The van der Waals surface area contributed by atoms with Crippen LogP contribution in [0.1, 0.15) is 30.5 Å². The number of carbonyl (C=O) groups excluding carboxylic acids is 2. The van der Waals surface area contributed by atoms with Gasteiger partial charge >= 0.3 is 0 Å². The second-order valence-corrected chi connectivity index (χ2v) is 12.7. The van der Waals surface area contributed by atoms with Gasteiger partial charge in [0.15, 0.2) is 5.78 Å². The number of pyridine rings is 1. The number of rotatable bonds is 7. The molecule has 0 atom stereocenters. The molecule has 7 aromatic rings. The summed E-state index contributed by atoms with van der Waals surface area (Å²) in [7, 11) is 0. The first-order valence-corrected chi connectivity index (χ1v) is 16.1. The number of hydrogen-bond acceptors (Lipinski definition) is 6. The van der Waals surface area contributed by atoms with Crippen LogP contribution in [0.25, 0.3) is 49.4 Å². The van der Waals surface area contributed by atoms with Crippen molar-refractivity contribution in [3.05, 3.63) is 142 Å². The van der Waals surface area contributed by atoms with Gasteiger partial charge in [-0.1, -0.05) is 78.4 Å². The summed E-state index contributed by atoms with van der Waals surface area (Å²) < 4.78 is 0. The fourth-order valence-corrected chi connectivity index (χ4v) is 7.02. The number of ketones is 1. The van der Waals surface area contributed by atoms with Crippen LogP contribution < -0.4 is 11.1 Å². The van der Waals surface area contributed by atoms with E-state index in [1.54, 1.807) is 47.8 Å². The van der Waals surface area contributed by atoms with Gasteiger partial charge in [0.05, 0.1) is 11.4 Å². The number of nitrogens with one attached hydrogen (secondary N) is 1. The van der Waals surface area contributed by atoms with Crippen molar-refractivity contribution in [3.8, 4) is 22.4 Å². The van der Waals surface area contributed by atoms with Crippen molar-refractivity contribution in [3.63, 3.8) is 0 Å². The van der Waals surface area contributed by atoms with E-state index in [0.717, 1.165) is 49.0 Å². The molecule has 0 radical (unpaired) electrons. The minimum atomic E-state index is -0.325. The quantitative estimate of drug-likeness (QED) is 0.137. The molecule has 0 saturated carbocycles. The molecule has 5 nitrogen and oxygen atoms in total. The summed E-state index contributed by atoms with van der Waals surface area (Å²) in [5.41, 5.74) is 13.1. The van der Waals surface area contributed by atoms with E-state index >= 15 is 0 Å². The minimum Gasteiger partial charge on any atom is -0.397 e. The number of amides is 1. The largest absolute Gasteiger partial charge is 0.397 e. The van der Waals surface area contributed by atoms with Crippen LogP contribution in [-0.2, 0) is 0 Å². The number of nitrogens with zero attached hydrogens (tertiary/aromatic N) is 1. The molecule has 3 aromatic heterocycles. The standard InChI is InChI=1S/C38H27N3O2S2/c1-23-11-13-25(14-12-23)31-22-32(30-10-4-7-24-6-2-3-9-29(24)30)41-38-34(31)35(39)36(45-38)37(43)40-27-17-15-26(16-18-27)33(42)20-19-28-8-5-21-44-28/h2-22H,39H2,1H3,(H,40,43)/b20-19+. The van der Waals surface area contributed by atoms with Crippen molar-refractivity contribution in [2.45, 2.75) is 6.92 Å². The minimum absolute atomic E-state index is 0.105. The van der Waals surface area contributed by atoms with Crippen LogP contribution in [0.4, 0.5) is 11.4 Å². The first-order valence-electron chi connectivity index (χ1n) is 14.4. The predicted molar refractivity (Wildman–Crippen MR) is 189 cm³/mol. The highest BCUT2D eigenvalue weighted by Crippen LogP contribution is 2.42. The lowest BCUT2D eigenvalue weighted by Crippen LogP contribution is -2.12. The summed E-state index contributed by atoms with van der Waals surface area (Å²) in [6, 6.07) is 35.6. The van der Waals surface area contributed by atoms with Crippen molar-refractivity contribution in [2.24, 2.45) is 0 Å². The van der Waals surface area contributed by atoms with Gasteiger partial charge in [-0.3, -0.25) is 9.59 Å². The average molecular weight is 622 g/mol. The first-order chi connectivity index (χ1) is 21.9. The highest BCUT2D eigenvalue weighted by molar-refractivity contribution is 7.21. The van der Waals surface area contributed by atoms with Crippen molar-refractivity contribution >= 4 is 72.8 Å². The zero-order chi connectivity index (χ0) is 30.9. The SMILES string of the molecule is Cc1ccc(-c2cc(-c3cccc4ccccc34)nc3sc(C(=O)Nc4ccc(C(=O)/C=C/c5cccs5)cc4)c(N)c23)cc1. The van der Waals surface area contributed by atoms with Gasteiger partial charge in [0.2, 0.25) is 0 Å². The third kappa shape index (κ3) is 5.67. The molecule has 3 N–H and O–H groups in total. The van der Waals surface area contributed by atoms with Crippen LogP contribution in [0.3, 0.4) is 0 Å². The van der Waals surface area contributed by atoms with Gasteiger partial charge in [-0.15, -0.1) is 22.7 Å². The van der Waals surface area contributed by atoms with E-state index in [1.165, 1.54) is 11.3 Å². The second kappa shape index (κ2) is 12.0. The number of nitrogens with two attached hydrogens (primary N) is 1. The lowest BCUT2D eigenvalue weighted by atomic mass is 9.96. The summed E-state index contributed by atoms with van der Waals surface area (Å²) in [6.45, 7) is 2.05. The molecule has 1 amide bonds. The van der Waals surface area contributed by atoms with E-state index < -0.39 is 0 Å². The van der Waals surface area contributed by atoms with Crippen molar-refractivity contribution in [2.75, 3.05) is 11.1 Å². The van der Waals surface area contributed by atoms with Crippen LogP contribution >= 0.6 is 22.7 Å². The molecule has 0 unspecified atom stereocenters. The molecule has 4 aromatic carbocycles. The number of hydrogen-bond donors (Lipinski definition) is 2. The molecular formula is C38H27N3O2S2. The number of allylic oxidation sites excluding steroid dienone is 1. The van der Waals surface area contributed by atoms with Gasteiger partial charge in [0.1, 0.15) is 9.71 Å². The van der Waals surface area contributed by atoms with Gasteiger partial charge in [0.25, 0.3) is 5.91 Å². The number of aromatic nitrogens is 1. The summed E-state index contributed by atoms with van der Waals surface area (Å²) in [5.74, 6) is -0.430. The Balaban J connectivity index is 1.24. The van der Waals surface area contributed by atoms with Gasteiger partial charge in [-0.25, -0.2) is 4.98 Å². The van der Waals surface area contributed by atoms with E-state index in [1.807, 2.05) is 35.7 Å². The zero-order valence-corrected chi connectivity index (χ0v) is 25.9. The van der Waals surface area contributed by atoms with Crippen LogP contribution in [0.2, 0.25) is 0 Å². The van der Waals surface area contributed by atoms with Gasteiger partial charge in [-0.2, -0.15) is 0 Å². The second-order valence-electron chi connectivity index (χ2n) is 10.7. The first kappa shape index (κ1) is 28.4. The average Bonchev–Trinajstić information content (AvgIpc) is 3.71. The van der Waals surface area contributed by atoms with Crippen molar-refractivity contribution in [1.82, 2.24) is 4.98 Å². The Labute approximate surface area is 268 Å². The monoisotopic (exact) mass is 621 g/mol. The zero-order valence-electron chi connectivity index (χ0n) is 24.3. The van der Waals surface area contributed by atoms with Crippen LogP contribution in [0.5, 0.6) is 0 Å². The van der Waals surface area contributed by atoms with Gasteiger partial charge in [-0.05, 0) is 82.8 Å². The molecule has 0 spiro atoms. The Bertz CT molecular complexity index is 2230. The molecule has 45 heavy (non-hydrogen) atoms. The van der Waals surface area contributed by atoms with Crippen LogP contribution in [0.15, 0.2) is 121 Å². The molecule has 0 bridgehead atoms. The maximum absolute atomic E-state index is 13.6. The summed E-state index contributed by atoms with van der Waals surface area (Å²) in [4.78, 5) is 33.4. The van der Waals surface area contributed by atoms with Crippen LogP contribution in [0, 0.1) is 6.92 Å². The maximum atomic E-state index is 13.6. The van der Waals surface area contributed by atoms with Crippen molar-refractivity contribution in [1.29, 1.82) is 0 Å². The molecule has 0 fully saturated rings. The molecule has 218 valence electrons. The fraction of sp³-hybridized carbons (Fsp3) is 0.0263.